The molecule has 0 aromatic heterocycles. The fourth-order valence-electron chi connectivity index (χ4n) is 5.65. The second kappa shape index (κ2) is 9.30. The molecular weight excluding hydrogens is 451 g/mol. The highest BCUT2D eigenvalue weighted by Gasteiger charge is 2.55. The van der Waals surface area contributed by atoms with Crippen LogP contribution in [0.3, 0.4) is 0 Å². The highest BCUT2D eigenvalue weighted by atomic mass is 19.1. The number of ketones is 1. The molecule has 9 heteroatoms. The van der Waals surface area contributed by atoms with Crippen molar-refractivity contribution in [3.8, 4) is 5.75 Å². The Balaban J connectivity index is 1.45. The molecule has 0 saturated carbocycles. The van der Waals surface area contributed by atoms with E-state index in [2.05, 4.69) is 4.90 Å². The van der Waals surface area contributed by atoms with E-state index in [0.29, 0.717) is 56.4 Å². The number of amides is 1. The van der Waals surface area contributed by atoms with Gasteiger partial charge in [0.2, 0.25) is 0 Å². The number of nitrogens with zero attached hydrogens (tertiary/aromatic N) is 4. The molecule has 2 aromatic carbocycles. The number of hydrazone groups is 1. The summed E-state index contributed by atoms with van der Waals surface area (Å²) in [6, 6.07) is 14.0. The van der Waals surface area contributed by atoms with Crippen LogP contribution in [0.4, 0.5) is 14.9 Å². The van der Waals surface area contributed by atoms with Crippen LogP contribution in [0, 0.1) is 5.82 Å². The van der Waals surface area contributed by atoms with E-state index in [1.165, 1.54) is 24.0 Å². The first-order valence-electron chi connectivity index (χ1n) is 12.0. The predicted molar refractivity (Wildman–Crippen MR) is 130 cm³/mol. The number of Topliss-reactive ketones (excluding diaryl/α,β-unsaturated/α-hetero) is 1. The molecule has 1 unspecified atom stereocenters. The number of carbonyl (C=O) groups is 2. The molecule has 1 amide bonds. The van der Waals surface area contributed by atoms with E-state index in [1.54, 1.807) is 11.1 Å². The fraction of sp³-hybridized carbons (Fsp3) is 0.423. The van der Waals surface area contributed by atoms with Crippen molar-refractivity contribution in [3.05, 3.63) is 59.9 Å². The Kier molecular flexibility index (Phi) is 6.19. The van der Waals surface area contributed by atoms with Crippen molar-refractivity contribution in [1.29, 1.82) is 0 Å². The Morgan fingerprint density at radius 3 is 2.57 bits per heavy atom. The van der Waals surface area contributed by atoms with E-state index in [1.807, 2.05) is 30.3 Å². The maximum atomic E-state index is 14.2. The fourth-order valence-corrected chi connectivity index (χ4v) is 5.65. The van der Waals surface area contributed by atoms with Gasteiger partial charge in [-0.25, -0.2) is 9.18 Å². The minimum Gasteiger partial charge on any atom is -0.489 e. The molecule has 8 nitrogen and oxygen atoms in total. The summed E-state index contributed by atoms with van der Waals surface area (Å²) in [5.41, 5.74) is 1.27. The van der Waals surface area contributed by atoms with Crippen molar-refractivity contribution in [1.82, 2.24) is 9.80 Å². The first-order chi connectivity index (χ1) is 16.9. The van der Waals surface area contributed by atoms with Crippen molar-refractivity contribution in [2.75, 3.05) is 44.3 Å². The molecule has 5 rings (SSSR count). The third kappa shape index (κ3) is 4.14. The summed E-state index contributed by atoms with van der Waals surface area (Å²) in [5.74, 6) is 0.0519. The van der Waals surface area contributed by atoms with Crippen molar-refractivity contribution in [2.45, 2.75) is 31.2 Å². The zero-order valence-electron chi connectivity index (χ0n) is 19.7. The van der Waals surface area contributed by atoms with Gasteiger partial charge in [0.1, 0.15) is 35.6 Å². The largest absolute Gasteiger partial charge is 0.489 e. The minimum absolute atomic E-state index is 0.115. The molecule has 3 aliphatic heterocycles. The quantitative estimate of drug-likeness (QED) is 0.683. The number of piperazine rings is 1. The minimum atomic E-state index is -0.880. The van der Waals surface area contributed by atoms with E-state index >= 15 is 0 Å². The zero-order chi connectivity index (χ0) is 24.6. The number of carboxylic acid groups (broad SMARTS) is 1. The third-order valence-corrected chi connectivity index (χ3v) is 7.37. The monoisotopic (exact) mass is 480 g/mol. The Hall–Kier alpha value is -3.46. The van der Waals surface area contributed by atoms with Crippen molar-refractivity contribution in [3.63, 3.8) is 0 Å². The van der Waals surface area contributed by atoms with Crippen LogP contribution in [0.5, 0.6) is 5.75 Å². The summed E-state index contributed by atoms with van der Waals surface area (Å²) in [4.78, 5) is 27.9. The average Bonchev–Trinajstić information content (AvgIpc) is 3.21. The highest BCUT2D eigenvalue weighted by Crippen LogP contribution is 2.48. The number of rotatable bonds is 6. The van der Waals surface area contributed by atoms with Crippen LogP contribution in [0.1, 0.15) is 25.3 Å². The molecule has 3 aliphatic rings. The molecule has 35 heavy (non-hydrogen) atoms. The van der Waals surface area contributed by atoms with Crippen LogP contribution in [-0.2, 0) is 10.2 Å². The second-order valence-corrected chi connectivity index (χ2v) is 9.34. The normalized spacial score (nSPS) is 23.8. The van der Waals surface area contributed by atoms with E-state index in [9.17, 15) is 19.1 Å². The topological polar surface area (TPSA) is 85.7 Å². The maximum Gasteiger partial charge on any atom is 0.407 e. The Morgan fingerprint density at radius 2 is 1.89 bits per heavy atom. The molecule has 2 atom stereocenters. The van der Waals surface area contributed by atoms with Crippen LogP contribution < -0.4 is 9.75 Å². The maximum absolute atomic E-state index is 14.2. The molecule has 0 spiro atoms. The Bertz CT molecular complexity index is 1150. The lowest BCUT2D eigenvalue weighted by molar-refractivity contribution is -0.111. The van der Waals surface area contributed by atoms with Crippen molar-refractivity contribution >= 4 is 23.3 Å². The third-order valence-electron chi connectivity index (χ3n) is 7.37. The molecule has 1 N–H and O–H groups in total. The number of hydrogen-bond acceptors (Lipinski definition) is 6. The van der Waals surface area contributed by atoms with E-state index in [4.69, 9.17) is 9.84 Å². The first-order valence-corrected chi connectivity index (χ1v) is 12.0. The number of halogens is 1. The lowest BCUT2D eigenvalue weighted by Gasteiger charge is -2.42. The number of benzene rings is 2. The van der Waals surface area contributed by atoms with Crippen LogP contribution in [0.25, 0.3) is 0 Å². The van der Waals surface area contributed by atoms with Crippen molar-refractivity contribution in [2.24, 2.45) is 5.10 Å². The number of carbonyl (C=O) groups excluding carboxylic acids is 1. The molecule has 2 aromatic rings. The highest BCUT2D eigenvalue weighted by molar-refractivity contribution is 6.43. The standard InChI is InChI=1S/C26H29FN4O4/c1-18(32)24-26(19-6-3-2-4-7-19,10-5-11-29-12-14-30(15-13-29)25(33)34)23-17-35-22-9-8-20(27)16-21(22)31(23)28-24/h2-4,6-9,16,23H,5,10-15,17H2,1H3,(H,33,34)/t23?,26-/m1/s1. The molecule has 0 aliphatic carbocycles. The van der Waals surface area contributed by atoms with Gasteiger partial charge >= 0.3 is 6.09 Å². The number of ether oxygens (including phenoxy) is 1. The zero-order valence-corrected chi connectivity index (χ0v) is 19.7. The van der Waals surface area contributed by atoms with Crippen LogP contribution >= 0.6 is 0 Å². The Labute approximate surface area is 203 Å². The summed E-state index contributed by atoms with van der Waals surface area (Å²) < 4.78 is 20.2. The van der Waals surface area contributed by atoms with Gasteiger partial charge in [0.15, 0.2) is 5.78 Å². The first kappa shape index (κ1) is 23.3. The van der Waals surface area contributed by atoms with Crippen LogP contribution in [-0.4, -0.2) is 77.9 Å². The molecule has 3 heterocycles. The van der Waals surface area contributed by atoms with Crippen molar-refractivity contribution < 1.29 is 23.8 Å². The SMILES string of the molecule is CC(=O)C1=NN2c3cc(F)ccc3OCC2[C@@]1(CCCN1CCN(C(=O)O)CC1)c1ccccc1. The molecular formula is C26H29FN4O4. The molecule has 184 valence electrons. The van der Waals surface area contributed by atoms with Gasteiger partial charge < -0.3 is 14.7 Å². The smallest absolute Gasteiger partial charge is 0.407 e. The van der Waals surface area contributed by atoms with Gasteiger partial charge in [-0.1, -0.05) is 30.3 Å². The number of fused-ring (bicyclic) bond motifs is 3. The van der Waals surface area contributed by atoms with E-state index in [0.717, 1.165) is 18.5 Å². The van der Waals surface area contributed by atoms with E-state index < -0.39 is 11.5 Å². The average molecular weight is 481 g/mol. The van der Waals surface area contributed by atoms with Gasteiger partial charge in [0.25, 0.3) is 0 Å². The summed E-state index contributed by atoms with van der Waals surface area (Å²) in [6.07, 6.45) is 0.563. The number of anilines is 1. The lowest BCUT2D eigenvalue weighted by Crippen LogP contribution is -2.54. The molecule has 1 saturated heterocycles. The lowest BCUT2D eigenvalue weighted by atomic mass is 9.67. The van der Waals surface area contributed by atoms with Gasteiger partial charge in [-0.2, -0.15) is 5.10 Å². The van der Waals surface area contributed by atoms with Crippen LogP contribution in [0.15, 0.2) is 53.6 Å². The Morgan fingerprint density at radius 1 is 1.14 bits per heavy atom. The van der Waals surface area contributed by atoms with Crippen LogP contribution in [0.2, 0.25) is 0 Å². The second-order valence-electron chi connectivity index (χ2n) is 9.34. The number of hydrogen-bond donors (Lipinski definition) is 1. The summed E-state index contributed by atoms with van der Waals surface area (Å²) in [6.45, 7) is 5.00. The summed E-state index contributed by atoms with van der Waals surface area (Å²) in [5, 5.41) is 15.8. The predicted octanol–water partition coefficient (Wildman–Crippen LogP) is 3.37. The van der Waals surface area contributed by atoms with Gasteiger partial charge in [-0.05, 0) is 37.1 Å². The molecule has 1 fully saturated rings. The van der Waals surface area contributed by atoms with Gasteiger partial charge in [0, 0.05) is 39.2 Å². The molecule has 0 radical (unpaired) electrons. The summed E-state index contributed by atoms with van der Waals surface area (Å²) >= 11 is 0. The van der Waals surface area contributed by atoms with Gasteiger partial charge in [-0.15, -0.1) is 0 Å². The summed E-state index contributed by atoms with van der Waals surface area (Å²) in [7, 11) is 0. The van der Waals surface area contributed by atoms with Gasteiger partial charge in [-0.3, -0.25) is 14.7 Å². The van der Waals surface area contributed by atoms with E-state index in [-0.39, 0.29) is 17.6 Å². The molecule has 0 bridgehead atoms. The van der Waals surface area contributed by atoms with Gasteiger partial charge in [0.05, 0.1) is 5.41 Å².